The van der Waals surface area contributed by atoms with Crippen molar-refractivity contribution in [2.45, 2.75) is 57.0 Å². The quantitative estimate of drug-likeness (QED) is 0.693. The number of carbonyl (C=O) groups excluding carboxylic acids is 3. The van der Waals surface area contributed by atoms with E-state index in [-0.39, 0.29) is 24.4 Å². The van der Waals surface area contributed by atoms with Gasteiger partial charge in [-0.15, -0.1) is 0 Å². The van der Waals surface area contributed by atoms with Gasteiger partial charge in [-0.25, -0.2) is 4.79 Å². The molecule has 1 spiro atoms. The number of hydrogen-bond acceptors (Lipinski definition) is 6. The van der Waals surface area contributed by atoms with Gasteiger partial charge in [-0.05, 0) is 68.7 Å². The minimum Gasteiger partial charge on any atom is -0.486 e. The highest BCUT2D eigenvalue weighted by Crippen LogP contribution is 2.38. The summed E-state index contributed by atoms with van der Waals surface area (Å²) in [5.74, 6) is 1.32. The van der Waals surface area contributed by atoms with E-state index in [4.69, 9.17) is 9.47 Å². The third-order valence-corrected chi connectivity index (χ3v) is 7.19. The molecule has 1 aromatic carbocycles. The molecular weight excluding hydrogens is 412 g/mol. The van der Waals surface area contributed by atoms with Crippen LogP contribution in [0.5, 0.6) is 11.5 Å². The van der Waals surface area contributed by atoms with E-state index in [2.05, 4.69) is 22.6 Å². The molecule has 1 aromatic rings. The van der Waals surface area contributed by atoms with Gasteiger partial charge in [0.15, 0.2) is 11.5 Å². The van der Waals surface area contributed by atoms with E-state index in [1.165, 1.54) is 0 Å². The van der Waals surface area contributed by atoms with Crippen LogP contribution in [-0.2, 0) is 9.59 Å². The van der Waals surface area contributed by atoms with Gasteiger partial charge in [0, 0.05) is 6.04 Å². The number of nitrogens with zero attached hydrogens (tertiary/aromatic N) is 2. The van der Waals surface area contributed by atoms with E-state index in [1.54, 1.807) is 0 Å². The second-order valence-corrected chi connectivity index (χ2v) is 9.40. The highest BCUT2D eigenvalue weighted by atomic mass is 16.6. The zero-order valence-electron chi connectivity index (χ0n) is 18.4. The topological polar surface area (TPSA) is 100 Å². The lowest BCUT2D eigenvalue weighted by Gasteiger charge is -2.33. The lowest BCUT2D eigenvalue weighted by atomic mass is 9.77. The number of ether oxygens (including phenoxy) is 2. The summed E-state index contributed by atoms with van der Waals surface area (Å²) in [6.45, 7) is 4.11. The molecule has 32 heavy (non-hydrogen) atoms. The maximum absolute atomic E-state index is 13.0. The number of amides is 4. The number of hydrazine groups is 1. The summed E-state index contributed by atoms with van der Waals surface area (Å²) in [5.41, 5.74) is 2.77. The van der Waals surface area contributed by atoms with Crippen molar-refractivity contribution >= 4 is 17.8 Å². The Morgan fingerprint density at radius 3 is 2.69 bits per heavy atom. The van der Waals surface area contributed by atoms with Crippen molar-refractivity contribution in [3.8, 4) is 11.5 Å². The molecule has 1 aliphatic carbocycles. The average molecular weight is 443 g/mol. The monoisotopic (exact) mass is 442 g/mol. The maximum atomic E-state index is 13.0. The average Bonchev–Trinajstić information content (AvgIpc) is 3.34. The molecular formula is C23H30N4O5. The first kappa shape index (κ1) is 21.1. The van der Waals surface area contributed by atoms with Crippen LogP contribution in [0.4, 0.5) is 4.79 Å². The van der Waals surface area contributed by atoms with Crippen molar-refractivity contribution in [1.29, 1.82) is 0 Å². The van der Waals surface area contributed by atoms with Crippen molar-refractivity contribution in [3.05, 3.63) is 23.8 Å². The lowest BCUT2D eigenvalue weighted by Crippen LogP contribution is -2.52. The minimum absolute atomic E-state index is 0.0749. The number of benzene rings is 1. The first-order chi connectivity index (χ1) is 15.4. The first-order valence-corrected chi connectivity index (χ1v) is 11.5. The molecule has 2 N–H and O–H groups in total. The zero-order valence-corrected chi connectivity index (χ0v) is 18.4. The Bertz CT molecular complexity index is 927. The van der Waals surface area contributed by atoms with E-state index in [0.29, 0.717) is 32.0 Å². The van der Waals surface area contributed by atoms with Gasteiger partial charge in [-0.2, -0.15) is 5.01 Å². The largest absolute Gasteiger partial charge is 0.486 e. The predicted molar refractivity (Wildman–Crippen MR) is 115 cm³/mol. The predicted octanol–water partition coefficient (Wildman–Crippen LogP) is 2.13. The van der Waals surface area contributed by atoms with Gasteiger partial charge in [0.05, 0.1) is 6.54 Å². The van der Waals surface area contributed by atoms with E-state index in [1.807, 2.05) is 18.2 Å². The molecule has 3 aliphatic heterocycles. The van der Waals surface area contributed by atoms with Gasteiger partial charge >= 0.3 is 6.03 Å². The number of carbonyl (C=O) groups is 3. The highest BCUT2D eigenvalue weighted by Gasteiger charge is 2.53. The van der Waals surface area contributed by atoms with Crippen molar-refractivity contribution in [2.75, 3.05) is 26.3 Å². The fourth-order valence-electron chi connectivity index (χ4n) is 5.32. The Hall–Kier alpha value is -2.81. The molecule has 3 fully saturated rings. The molecule has 5 rings (SSSR count). The molecule has 2 saturated heterocycles. The SMILES string of the molecule is CC1CCC2(CC1)NC(=O)N(NC(=O)CN1CCCC1c1ccc3c(c1)OCCO3)C2=O. The molecule has 172 valence electrons. The van der Waals surface area contributed by atoms with Crippen molar-refractivity contribution in [2.24, 2.45) is 5.92 Å². The Labute approximate surface area is 187 Å². The third kappa shape index (κ3) is 3.79. The van der Waals surface area contributed by atoms with E-state index >= 15 is 0 Å². The highest BCUT2D eigenvalue weighted by molar-refractivity contribution is 6.08. The summed E-state index contributed by atoms with van der Waals surface area (Å²) in [6.07, 6.45) is 4.90. The second-order valence-electron chi connectivity index (χ2n) is 9.40. The van der Waals surface area contributed by atoms with E-state index in [0.717, 1.165) is 54.3 Å². The van der Waals surface area contributed by atoms with Gasteiger partial charge in [-0.3, -0.25) is 19.9 Å². The van der Waals surface area contributed by atoms with Crippen LogP contribution in [0.3, 0.4) is 0 Å². The zero-order chi connectivity index (χ0) is 22.3. The van der Waals surface area contributed by atoms with Gasteiger partial charge in [0.1, 0.15) is 18.8 Å². The molecule has 4 amide bonds. The van der Waals surface area contributed by atoms with Crippen molar-refractivity contribution in [1.82, 2.24) is 20.7 Å². The van der Waals surface area contributed by atoms with Crippen LogP contribution in [0, 0.1) is 5.92 Å². The van der Waals surface area contributed by atoms with E-state index < -0.39 is 11.6 Å². The summed E-state index contributed by atoms with van der Waals surface area (Å²) >= 11 is 0. The summed E-state index contributed by atoms with van der Waals surface area (Å²) in [7, 11) is 0. The summed E-state index contributed by atoms with van der Waals surface area (Å²) < 4.78 is 11.3. The molecule has 4 aliphatic rings. The standard InChI is InChI=1S/C23H30N4O5/c1-15-6-8-23(9-7-15)21(29)27(22(30)24-23)25-20(28)14-26-10-2-3-17(26)16-4-5-18-19(13-16)32-12-11-31-18/h4-5,13,15,17H,2-3,6-12,14H2,1H3,(H,24,30)(H,25,28). The van der Waals surface area contributed by atoms with Gasteiger partial charge in [0.25, 0.3) is 11.8 Å². The number of likely N-dealkylation sites (tertiary alicyclic amines) is 1. The number of nitrogens with one attached hydrogen (secondary N) is 2. The summed E-state index contributed by atoms with van der Waals surface area (Å²) in [4.78, 5) is 40.3. The number of rotatable bonds is 4. The molecule has 9 nitrogen and oxygen atoms in total. The van der Waals surface area contributed by atoms with Gasteiger partial charge < -0.3 is 14.8 Å². The molecule has 0 radical (unpaired) electrons. The molecule has 0 bridgehead atoms. The van der Waals surface area contributed by atoms with Crippen LogP contribution in [0.25, 0.3) is 0 Å². The van der Waals surface area contributed by atoms with Crippen LogP contribution in [0.15, 0.2) is 18.2 Å². The fourth-order valence-corrected chi connectivity index (χ4v) is 5.32. The van der Waals surface area contributed by atoms with Crippen molar-refractivity contribution in [3.63, 3.8) is 0 Å². The molecule has 3 heterocycles. The normalized spacial score (nSPS) is 30.0. The summed E-state index contributed by atoms with van der Waals surface area (Å²) in [5, 5.41) is 3.72. The number of hydrogen-bond donors (Lipinski definition) is 2. The van der Waals surface area contributed by atoms with Crippen LogP contribution in [0.2, 0.25) is 0 Å². The Morgan fingerprint density at radius 2 is 1.91 bits per heavy atom. The fraction of sp³-hybridized carbons (Fsp3) is 0.609. The van der Waals surface area contributed by atoms with Gasteiger partial charge in [-0.1, -0.05) is 13.0 Å². The minimum atomic E-state index is -0.863. The molecule has 1 saturated carbocycles. The Balaban J connectivity index is 1.23. The molecule has 1 atom stereocenters. The second kappa shape index (κ2) is 8.27. The first-order valence-electron chi connectivity index (χ1n) is 11.5. The van der Waals surface area contributed by atoms with E-state index in [9.17, 15) is 14.4 Å². The lowest BCUT2D eigenvalue weighted by molar-refractivity contribution is -0.140. The third-order valence-electron chi connectivity index (χ3n) is 7.19. The maximum Gasteiger partial charge on any atom is 0.344 e. The molecule has 0 aromatic heterocycles. The molecule has 9 heteroatoms. The number of fused-ring (bicyclic) bond motifs is 1. The number of urea groups is 1. The molecule has 1 unspecified atom stereocenters. The Morgan fingerprint density at radius 1 is 1.16 bits per heavy atom. The van der Waals surface area contributed by atoms with Gasteiger partial charge in [0.2, 0.25) is 0 Å². The van der Waals surface area contributed by atoms with Crippen LogP contribution < -0.4 is 20.2 Å². The smallest absolute Gasteiger partial charge is 0.344 e. The number of imide groups is 1. The summed E-state index contributed by atoms with van der Waals surface area (Å²) in [6, 6.07) is 5.45. The van der Waals surface area contributed by atoms with Crippen LogP contribution in [-0.4, -0.2) is 59.6 Å². The van der Waals surface area contributed by atoms with Crippen LogP contribution >= 0.6 is 0 Å². The Kier molecular flexibility index (Phi) is 5.44. The van der Waals surface area contributed by atoms with Crippen LogP contribution in [0.1, 0.15) is 57.1 Å². The van der Waals surface area contributed by atoms with Crippen molar-refractivity contribution < 1.29 is 23.9 Å².